The third-order valence-corrected chi connectivity index (χ3v) is 5.59. The van der Waals surface area contributed by atoms with E-state index in [1.54, 1.807) is 6.07 Å². The number of halogens is 1. The van der Waals surface area contributed by atoms with Gasteiger partial charge in [-0.1, -0.05) is 65.8 Å². The Morgan fingerprint density at radius 3 is 2.62 bits per heavy atom. The van der Waals surface area contributed by atoms with Crippen LogP contribution < -0.4 is 10.1 Å². The van der Waals surface area contributed by atoms with Crippen LogP contribution in [0.1, 0.15) is 31.3 Å². The third kappa shape index (κ3) is 5.74. The Labute approximate surface area is 179 Å². The van der Waals surface area contributed by atoms with Gasteiger partial charge in [0.05, 0.1) is 16.8 Å². The van der Waals surface area contributed by atoms with Gasteiger partial charge in [-0.3, -0.25) is 4.79 Å². The summed E-state index contributed by atoms with van der Waals surface area (Å²) in [6, 6.07) is 17.1. The molecule has 0 saturated carbocycles. The lowest BCUT2D eigenvalue weighted by Crippen LogP contribution is -2.28. The minimum atomic E-state index is -0.0501. The normalized spacial score (nSPS) is 11.8. The summed E-state index contributed by atoms with van der Waals surface area (Å²) in [6.45, 7) is 4.90. The number of nitrogens with one attached hydrogen (secondary N) is 1. The Bertz CT molecular complexity index is 949. The van der Waals surface area contributed by atoms with E-state index >= 15 is 0 Å². The van der Waals surface area contributed by atoms with Crippen molar-refractivity contribution in [2.45, 2.75) is 38.2 Å². The molecule has 2 aromatic carbocycles. The van der Waals surface area contributed by atoms with Gasteiger partial charge in [-0.2, -0.15) is 0 Å². The summed E-state index contributed by atoms with van der Waals surface area (Å²) >= 11 is 7.48. The van der Waals surface area contributed by atoms with Gasteiger partial charge in [-0.25, -0.2) is 0 Å². The minimum absolute atomic E-state index is 0.0482. The molecule has 0 bridgehead atoms. The molecular formula is C21H23ClN4O2S. The molecule has 0 aliphatic heterocycles. The molecule has 0 spiro atoms. The van der Waals surface area contributed by atoms with Gasteiger partial charge >= 0.3 is 0 Å². The van der Waals surface area contributed by atoms with Gasteiger partial charge in [0.25, 0.3) is 0 Å². The number of aromatic nitrogens is 3. The predicted octanol–water partition coefficient (Wildman–Crippen LogP) is 4.50. The largest absolute Gasteiger partial charge is 0.484 e. The second-order valence-electron chi connectivity index (χ2n) is 6.35. The molecule has 29 heavy (non-hydrogen) atoms. The highest BCUT2D eigenvalue weighted by molar-refractivity contribution is 7.99. The van der Waals surface area contributed by atoms with Gasteiger partial charge in [-0.05, 0) is 31.5 Å². The summed E-state index contributed by atoms with van der Waals surface area (Å²) in [5.74, 6) is 1.50. The molecule has 1 aromatic heterocycles. The van der Waals surface area contributed by atoms with Crippen molar-refractivity contribution in [3.8, 4) is 5.75 Å². The standard InChI is InChI=1S/C21H23ClN4O2S/c1-3-26-19(13-28-18-12-8-7-11-17(18)22)24-25-21(26)29-14-20(27)23-15(2)16-9-5-4-6-10-16/h4-12,15H,3,13-14H2,1-2H3,(H,23,27)/t15-/m1/s1. The van der Waals surface area contributed by atoms with Crippen LogP contribution in [0.5, 0.6) is 5.75 Å². The average Bonchev–Trinajstić information content (AvgIpc) is 3.14. The minimum Gasteiger partial charge on any atom is -0.484 e. The molecule has 1 N–H and O–H groups in total. The molecule has 0 aliphatic rings. The summed E-state index contributed by atoms with van der Waals surface area (Å²) in [5, 5.41) is 12.7. The van der Waals surface area contributed by atoms with Crippen molar-refractivity contribution >= 4 is 29.3 Å². The third-order valence-electron chi connectivity index (χ3n) is 4.31. The first kappa shape index (κ1) is 21.2. The number of rotatable bonds is 9. The molecule has 0 fully saturated rings. The van der Waals surface area contributed by atoms with Crippen LogP contribution in [0, 0.1) is 0 Å². The number of para-hydroxylation sites is 1. The maximum Gasteiger partial charge on any atom is 0.230 e. The van der Waals surface area contributed by atoms with E-state index in [0.29, 0.717) is 28.3 Å². The molecule has 1 heterocycles. The molecule has 0 radical (unpaired) electrons. The fourth-order valence-electron chi connectivity index (χ4n) is 2.79. The van der Waals surface area contributed by atoms with E-state index in [1.165, 1.54) is 11.8 Å². The second kappa shape index (κ2) is 10.3. The second-order valence-corrected chi connectivity index (χ2v) is 7.70. The molecule has 152 valence electrons. The van der Waals surface area contributed by atoms with Gasteiger partial charge in [0.1, 0.15) is 12.4 Å². The first-order chi connectivity index (χ1) is 14.1. The van der Waals surface area contributed by atoms with E-state index in [-0.39, 0.29) is 24.3 Å². The van der Waals surface area contributed by atoms with E-state index in [0.717, 1.165) is 5.56 Å². The van der Waals surface area contributed by atoms with E-state index in [9.17, 15) is 4.79 Å². The lowest BCUT2D eigenvalue weighted by atomic mass is 10.1. The van der Waals surface area contributed by atoms with E-state index < -0.39 is 0 Å². The number of carbonyl (C=O) groups excluding carboxylic acids is 1. The van der Waals surface area contributed by atoms with Crippen molar-refractivity contribution in [3.63, 3.8) is 0 Å². The Morgan fingerprint density at radius 1 is 1.17 bits per heavy atom. The number of nitrogens with zero attached hydrogens (tertiary/aromatic N) is 3. The Hall–Kier alpha value is -2.51. The van der Waals surface area contributed by atoms with Crippen molar-refractivity contribution < 1.29 is 9.53 Å². The lowest BCUT2D eigenvalue weighted by molar-refractivity contribution is -0.119. The first-order valence-electron chi connectivity index (χ1n) is 9.35. The fourth-order valence-corrected chi connectivity index (χ4v) is 3.82. The molecule has 6 nitrogen and oxygen atoms in total. The summed E-state index contributed by atoms with van der Waals surface area (Å²) < 4.78 is 7.70. The summed E-state index contributed by atoms with van der Waals surface area (Å²) in [7, 11) is 0. The summed E-state index contributed by atoms with van der Waals surface area (Å²) in [6.07, 6.45) is 0. The first-order valence-corrected chi connectivity index (χ1v) is 10.7. The maximum absolute atomic E-state index is 12.3. The quantitative estimate of drug-likeness (QED) is 0.506. The number of amides is 1. The fraction of sp³-hybridized carbons (Fsp3) is 0.286. The smallest absolute Gasteiger partial charge is 0.230 e. The van der Waals surface area contributed by atoms with Gasteiger partial charge in [0.15, 0.2) is 11.0 Å². The van der Waals surface area contributed by atoms with Gasteiger partial charge in [0, 0.05) is 6.54 Å². The molecule has 0 unspecified atom stereocenters. The highest BCUT2D eigenvalue weighted by Gasteiger charge is 2.15. The number of benzene rings is 2. The van der Waals surface area contributed by atoms with Crippen molar-refractivity contribution in [3.05, 3.63) is 71.0 Å². The summed E-state index contributed by atoms with van der Waals surface area (Å²) in [5.41, 5.74) is 1.07. The van der Waals surface area contributed by atoms with Crippen LogP contribution in [-0.4, -0.2) is 26.4 Å². The highest BCUT2D eigenvalue weighted by atomic mass is 35.5. The van der Waals surface area contributed by atoms with Crippen LogP contribution >= 0.6 is 23.4 Å². The van der Waals surface area contributed by atoms with Crippen molar-refractivity contribution in [2.75, 3.05) is 5.75 Å². The number of ether oxygens (including phenoxy) is 1. The van der Waals surface area contributed by atoms with Gasteiger partial charge < -0.3 is 14.6 Å². The Balaban J connectivity index is 1.56. The molecule has 3 rings (SSSR count). The molecule has 0 aliphatic carbocycles. The van der Waals surface area contributed by atoms with Crippen LogP contribution in [-0.2, 0) is 17.9 Å². The molecule has 1 amide bonds. The van der Waals surface area contributed by atoms with Crippen molar-refractivity contribution in [1.82, 2.24) is 20.1 Å². The van der Waals surface area contributed by atoms with E-state index in [1.807, 2.05) is 66.9 Å². The van der Waals surface area contributed by atoms with Crippen molar-refractivity contribution in [1.29, 1.82) is 0 Å². The molecular weight excluding hydrogens is 408 g/mol. The zero-order chi connectivity index (χ0) is 20.6. The molecule has 0 saturated heterocycles. The number of hydrogen-bond acceptors (Lipinski definition) is 5. The zero-order valence-electron chi connectivity index (χ0n) is 16.3. The predicted molar refractivity (Wildman–Crippen MR) is 115 cm³/mol. The van der Waals surface area contributed by atoms with Crippen LogP contribution in [0.25, 0.3) is 0 Å². The van der Waals surface area contributed by atoms with Crippen LogP contribution in [0.3, 0.4) is 0 Å². The zero-order valence-corrected chi connectivity index (χ0v) is 17.9. The molecule has 3 aromatic rings. The highest BCUT2D eigenvalue weighted by Crippen LogP contribution is 2.24. The maximum atomic E-state index is 12.3. The average molecular weight is 431 g/mol. The number of hydrogen-bond donors (Lipinski definition) is 1. The molecule has 8 heteroatoms. The monoisotopic (exact) mass is 430 g/mol. The number of carbonyl (C=O) groups is 1. The topological polar surface area (TPSA) is 69.0 Å². The lowest BCUT2D eigenvalue weighted by Gasteiger charge is -2.14. The van der Waals surface area contributed by atoms with E-state index in [4.69, 9.17) is 16.3 Å². The van der Waals surface area contributed by atoms with E-state index in [2.05, 4.69) is 15.5 Å². The van der Waals surface area contributed by atoms with Crippen LogP contribution in [0.15, 0.2) is 59.8 Å². The van der Waals surface area contributed by atoms with Gasteiger partial charge in [0.2, 0.25) is 5.91 Å². The SMILES string of the molecule is CCn1c(COc2ccccc2Cl)nnc1SCC(=O)N[C@H](C)c1ccccc1. The summed E-state index contributed by atoms with van der Waals surface area (Å²) in [4.78, 5) is 12.3. The van der Waals surface area contributed by atoms with Crippen LogP contribution in [0.2, 0.25) is 5.02 Å². The Morgan fingerprint density at radius 2 is 1.90 bits per heavy atom. The Kier molecular flexibility index (Phi) is 7.55. The van der Waals surface area contributed by atoms with Crippen LogP contribution in [0.4, 0.5) is 0 Å². The van der Waals surface area contributed by atoms with Gasteiger partial charge in [-0.15, -0.1) is 10.2 Å². The van der Waals surface area contributed by atoms with Crippen molar-refractivity contribution in [2.24, 2.45) is 0 Å². The number of thioether (sulfide) groups is 1. The molecule has 1 atom stereocenters.